The molecule has 1 aliphatic carbocycles. The molecule has 0 spiro atoms. The maximum absolute atomic E-state index is 10.3. The number of hydrogen-bond acceptors (Lipinski definition) is 3. The van der Waals surface area contributed by atoms with Gasteiger partial charge in [0.15, 0.2) is 0 Å². The van der Waals surface area contributed by atoms with E-state index in [1.54, 1.807) is 11.3 Å². The Morgan fingerprint density at radius 2 is 2.38 bits per heavy atom. The van der Waals surface area contributed by atoms with Gasteiger partial charge in [0.1, 0.15) is 5.60 Å². The van der Waals surface area contributed by atoms with Gasteiger partial charge in [0.25, 0.3) is 0 Å². The average Bonchev–Trinajstić information content (AvgIpc) is 2.89. The highest BCUT2D eigenvalue weighted by molar-refractivity contribution is 7.10. The molecule has 1 unspecified atom stereocenters. The quantitative estimate of drug-likeness (QED) is 0.773. The predicted octanol–water partition coefficient (Wildman–Crippen LogP) is 1.61. The van der Waals surface area contributed by atoms with E-state index in [2.05, 4.69) is 13.0 Å². The van der Waals surface area contributed by atoms with Gasteiger partial charge in [-0.15, -0.1) is 11.3 Å². The lowest BCUT2D eigenvalue weighted by Gasteiger charge is -2.25. The van der Waals surface area contributed by atoms with Crippen molar-refractivity contribution < 1.29 is 5.11 Å². The number of hydrogen-bond donors (Lipinski definition) is 2. The number of aryl methyl sites for hydroxylation is 1. The molecule has 2 nitrogen and oxygen atoms in total. The highest BCUT2D eigenvalue weighted by Gasteiger charge is 2.44. The molecule has 0 amide bonds. The zero-order valence-corrected chi connectivity index (χ0v) is 8.60. The fourth-order valence-corrected chi connectivity index (χ4v) is 2.53. The molecule has 1 atom stereocenters. The van der Waals surface area contributed by atoms with Crippen LogP contribution in [0.3, 0.4) is 0 Å². The Labute approximate surface area is 82.4 Å². The van der Waals surface area contributed by atoms with E-state index in [4.69, 9.17) is 5.73 Å². The molecule has 0 aliphatic heterocycles. The average molecular weight is 197 g/mol. The van der Waals surface area contributed by atoms with Gasteiger partial charge in [-0.05, 0) is 42.7 Å². The summed E-state index contributed by atoms with van der Waals surface area (Å²) in [5.74, 6) is 0.395. The molecule has 0 radical (unpaired) electrons. The molecule has 1 aliphatic rings. The van der Waals surface area contributed by atoms with Crippen LogP contribution in [0, 0.1) is 12.8 Å². The predicted molar refractivity (Wildman–Crippen MR) is 54.7 cm³/mol. The Morgan fingerprint density at radius 3 is 2.77 bits per heavy atom. The van der Waals surface area contributed by atoms with E-state index < -0.39 is 5.60 Å². The van der Waals surface area contributed by atoms with E-state index in [9.17, 15) is 5.11 Å². The summed E-state index contributed by atoms with van der Waals surface area (Å²) < 4.78 is 0. The fourth-order valence-electron chi connectivity index (χ4n) is 1.75. The van der Waals surface area contributed by atoms with Crippen LogP contribution in [0.4, 0.5) is 0 Å². The molecule has 1 saturated carbocycles. The molecule has 1 fully saturated rings. The molecule has 3 heteroatoms. The van der Waals surface area contributed by atoms with Crippen LogP contribution in [0.5, 0.6) is 0 Å². The summed E-state index contributed by atoms with van der Waals surface area (Å²) in [6.45, 7) is 2.39. The van der Waals surface area contributed by atoms with Crippen molar-refractivity contribution in [2.45, 2.75) is 25.4 Å². The normalized spacial score (nSPS) is 21.5. The summed E-state index contributed by atoms with van der Waals surface area (Å²) in [5, 5.41) is 12.4. The molecule has 1 aromatic heterocycles. The molecule has 0 saturated heterocycles. The second-order valence-corrected chi connectivity index (χ2v) is 4.96. The Hall–Kier alpha value is -0.380. The number of thiophene rings is 1. The van der Waals surface area contributed by atoms with Crippen molar-refractivity contribution in [2.75, 3.05) is 6.54 Å². The summed E-state index contributed by atoms with van der Waals surface area (Å²) in [4.78, 5) is 1.24. The van der Waals surface area contributed by atoms with Crippen LogP contribution in [0.2, 0.25) is 0 Å². The van der Waals surface area contributed by atoms with Crippen LogP contribution < -0.4 is 5.73 Å². The first-order valence-electron chi connectivity index (χ1n) is 4.65. The van der Waals surface area contributed by atoms with Crippen LogP contribution in [0.25, 0.3) is 0 Å². The maximum atomic E-state index is 10.3. The summed E-state index contributed by atoms with van der Waals surface area (Å²) in [6, 6.07) is 2.05. The highest BCUT2D eigenvalue weighted by atomic mass is 32.1. The molecule has 0 bridgehead atoms. The monoisotopic (exact) mass is 197 g/mol. The van der Waals surface area contributed by atoms with Crippen LogP contribution in [0.1, 0.15) is 23.3 Å². The molecule has 1 aromatic rings. The summed E-state index contributed by atoms with van der Waals surface area (Å²) in [5.41, 5.74) is 5.91. The minimum Gasteiger partial charge on any atom is -0.384 e. The lowest BCUT2D eigenvalue weighted by molar-refractivity contribution is 0.0226. The van der Waals surface area contributed by atoms with Crippen molar-refractivity contribution in [1.29, 1.82) is 0 Å². The molecule has 0 aromatic carbocycles. The van der Waals surface area contributed by atoms with Crippen molar-refractivity contribution in [3.05, 3.63) is 21.9 Å². The standard InChI is InChI=1S/C10H15NOS/c1-7-4-9(5-13-7)10(12,6-11)8-2-3-8/h4-5,8,12H,2-3,6,11H2,1H3. The molecule has 2 rings (SSSR count). The van der Waals surface area contributed by atoms with Crippen LogP contribution in [-0.2, 0) is 5.60 Å². The zero-order valence-electron chi connectivity index (χ0n) is 7.79. The molecule has 3 N–H and O–H groups in total. The van der Waals surface area contributed by atoms with Crippen molar-refractivity contribution in [2.24, 2.45) is 11.7 Å². The van der Waals surface area contributed by atoms with Gasteiger partial charge in [-0.25, -0.2) is 0 Å². The highest BCUT2D eigenvalue weighted by Crippen LogP contribution is 2.45. The second kappa shape index (κ2) is 3.08. The van der Waals surface area contributed by atoms with E-state index in [1.165, 1.54) is 4.88 Å². The molecule has 13 heavy (non-hydrogen) atoms. The van der Waals surface area contributed by atoms with Crippen molar-refractivity contribution in [1.82, 2.24) is 0 Å². The first-order valence-corrected chi connectivity index (χ1v) is 5.53. The van der Waals surface area contributed by atoms with E-state index in [-0.39, 0.29) is 0 Å². The molecule has 1 heterocycles. The minimum absolute atomic E-state index is 0.341. The minimum atomic E-state index is -0.745. The van der Waals surface area contributed by atoms with E-state index >= 15 is 0 Å². The summed E-state index contributed by atoms with van der Waals surface area (Å²) in [6.07, 6.45) is 2.23. The van der Waals surface area contributed by atoms with Gasteiger partial charge in [0.05, 0.1) is 0 Å². The van der Waals surface area contributed by atoms with Gasteiger partial charge >= 0.3 is 0 Å². The first-order chi connectivity index (χ1) is 6.16. The summed E-state index contributed by atoms with van der Waals surface area (Å²) in [7, 11) is 0. The van der Waals surface area contributed by atoms with E-state index in [1.807, 2.05) is 5.38 Å². The lowest BCUT2D eigenvalue weighted by atomic mass is 9.91. The van der Waals surface area contributed by atoms with Crippen molar-refractivity contribution in [3.8, 4) is 0 Å². The number of aliphatic hydroxyl groups is 1. The smallest absolute Gasteiger partial charge is 0.105 e. The Balaban J connectivity index is 2.29. The van der Waals surface area contributed by atoms with Gasteiger partial charge < -0.3 is 10.8 Å². The zero-order chi connectivity index (χ0) is 9.47. The topological polar surface area (TPSA) is 46.2 Å². The molecular weight excluding hydrogens is 182 g/mol. The van der Waals surface area contributed by atoms with E-state index in [0.29, 0.717) is 12.5 Å². The third-order valence-corrected chi connectivity index (χ3v) is 3.66. The summed E-state index contributed by atoms with van der Waals surface area (Å²) >= 11 is 1.68. The van der Waals surface area contributed by atoms with Gasteiger partial charge in [0.2, 0.25) is 0 Å². The van der Waals surface area contributed by atoms with Crippen molar-refractivity contribution in [3.63, 3.8) is 0 Å². The Morgan fingerprint density at radius 1 is 1.69 bits per heavy atom. The third kappa shape index (κ3) is 1.52. The third-order valence-electron chi connectivity index (χ3n) is 2.79. The molecule has 72 valence electrons. The van der Waals surface area contributed by atoms with E-state index in [0.717, 1.165) is 18.4 Å². The first kappa shape index (κ1) is 9.19. The van der Waals surface area contributed by atoms with Crippen LogP contribution in [-0.4, -0.2) is 11.7 Å². The maximum Gasteiger partial charge on any atom is 0.105 e. The number of nitrogens with two attached hydrogens (primary N) is 1. The Kier molecular flexibility index (Phi) is 2.18. The van der Waals surface area contributed by atoms with Crippen molar-refractivity contribution >= 4 is 11.3 Å². The SMILES string of the molecule is Cc1cc(C(O)(CN)C2CC2)cs1. The largest absolute Gasteiger partial charge is 0.384 e. The lowest BCUT2D eigenvalue weighted by Crippen LogP contribution is -2.36. The molecular formula is C10H15NOS. The number of rotatable bonds is 3. The van der Waals surface area contributed by atoms with Gasteiger partial charge in [-0.1, -0.05) is 0 Å². The van der Waals surface area contributed by atoms with Crippen LogP contribution >= 0.6 is 11.3 Å². The second-order valence-electron chi connectivity index (χ2n) is 3.85. The Bertz CT molecular complexity index is 306. The van der Waals surface area contributed by atoms with Gasteiger partial charge in [-0.3, -0.25) is 0 Å². The van der Waals surface area contributed by atoms with Gasteiger partial charge in [0, 0.05) is 11.4 Å². The van der Waals surface area contributed by atoms with Crippen LogP contribution in [0.15, 0.2) is 11.4 Å². The van der Waals surface area contributed by atoms with Gasteiger partial charge in [-0.2, -0.15) is 0 Å². The fraction of sp³-hybridized carbons (Fsp3) is 0.600.